The van der Waals surface area contributed by atoms with Crippen molar-refractivity contribution < 1.29 is 4.79 Å². The van der Waals surface area contributed by atoms with Gasteiger partial charge in [0.25, 0.3) is 5.91 Å². The predicted octanol–water partition coefficient (Wildman–Crippen LogP) is 3.69. The van der Waals surface area contributed by atoms with Gasteiger partial charge in [-0.3, -0.25) is 9.78 Å². The Bertz CT molecular complexity index is 810. The zero-order chi connectivity index (χ0) is 14.8. The lowest BCUT2D eigenvalue weighted by molar-refractivity contribution is 0.103. The Morgan fingerprint density at radius 3 is 3.00 bits per heavy atom. The van der Waals surface area contributed by atoms with Crippen molar-refractivity contribution in [2.24, 2.45) is 0 Å². The number of aromatic nitrogens is 1. The van der Waals surface area contributed by atoms with Crippen LogP contribution >= 0.6 is 11.3 Å². The summed E-state index contributed by atoms with van der Waals surface area (Å²) >= 11 is 1.36. The fourth-order valence-corrected chi connectivity index (χ4v) is 3.18. The van der Waals surface area contributed by atoms with Gasteiger partial charge in [-0.1, -0.05) is 19.1 Å². The average Bonchev–Trinajstić information content (AvgIpc) is 2.85. The van der Waals surface area contributed by atoms with Crippen LogP contribution in [0.1, 0.15) is 22.2 Å². The second-order valence-electron chi connectivity index (χ2n) is 4.72. The molecular formula is C16H15N3OS. The number of nitrogen functional groups attached to an aromatic ring is 1. The van der Waals surface area contributed by atoms with E-state index in [2.05, 4.69) is 17.2 Å². The Balaban J connectivity index is 1.91. The van der Waals surface area contributed by atoms with Crippen LogP contribution in [-0.4, -0.2) is 10.9 Å². The topological polar surface area (TPSA) is 68.0 Å². The average molecular weight is 297 g/mol. The van der Waals surface area contributed by atoms with Crippen molar-refractivity contribution >= 4 is 38.7 Å². The summed E-state index contributed by atoms with van der Waals surface area (Å²) in [4.78, 5) is 17.0. The number of pyridine rings is 1. The number of amides is 1. The van der Waals surface area contributed by atoms with E-state index in [-0.39, 0.29) is 5.91 Å². The molecule has 3 N–H and O–H groups in total. The van der Waals surface area contributed by atoms with Gasteiger partial charge >= 0.3 is 0 Å². The number of thiophene rings is 1. The second-order valence-corrected chi connectivity index (χ2v) is 5.78. The highest BCUT2D eigenvalue weighted by Crippen LogP contribution is 2.33. The van der Waals surface area contributed by atoms with Crippen LogP contribution in [0.3, 0.4) is 0 Å². The zero-order valence-corrected chi connectivity index (χ0v) is 12.4. The van der Waals surface area contributed by atoms with Gasteiger partial charge in [0.2, 0.25) is 0 Å². The molecule has 1 aromatic carbocycles. The first-order valence-corrected chi connectivity index (χ1v) is 7.53. The monoisotopic (exact) mass is 297 g/mol. The van der Waals surface area contributed by atoms with E-state index < -0.39 is 0 Å². The Kier molecular flexibility index (Phi) is 3.58. The molecule has 3 rings (SSSR count). The fourth-order valence-electron chi connectivity index (χ4n) is 2.20. The molecule has 0 aliphatic heterocycles. The smallest absolute Gasteiger partial charge is 0.267 e. The lowest BCUT2D eigenvalue weighted by Gasteiger charge is -2.06. The first-order valence-electron chi connectivity index (χ1n) is 6.71. The van der Waals surface area contributed by atoms with E-state index in [0.717, 1.165) is 22.2 Å². The third-order valence-electron chi connectivity index (χ3n) is 3.33. The molecule has 0 saturated carbocycles. The van der Waals surface area contributed by atoms with Gasteiger partial charge in [-0.05, 0) is 30.2 Å². The highest BCUT2D eigenvalue weighted by Gasteiger charge is 2.16. The minimum absolute atomic E-state index is 0.179. The number of nitrogens with zero attached hydrogens (tertiary/aromatic N) is 1. The van der Waals surface area contributed by atoms with E-state index >= 15 is 0 Å². The molecular weight excluding hydrogens is 282 g/mol. The molecule has 0 radical (unpaired) electrons. The molecule has 0 bridgehead atoms. The summed E-state index contributed by atoms with van der Waals surface area (Å²) in [6.45, 7) is 2.08. The second kappa shape index (κ2) is 5.54. The van der Waals surface area contributed by atoms with E-state index in [1.165, 1.54) is 16.9 Å². The molecule has 0 spiro atoms. The van der Waals surface area contributed by atoms with Crippen molar-refractivity contribution in [1.29, 1.82) is 0 Å². The minimum atomic E-state index is -0.179. The molecule has 0 fully saturated rings. The lowest BCUT2D eigenvalue weighted by Crippen LogP contribution is -2.12. The predicted molar refractivity (Wildman–Crippen MR) is 87.8 cm³/mol. The third-order valence-corrected chi connectivity index (χ3v) is 4.49. The minimum Gasteiger partial charge on any atom is -0.397 e. The number of anilines is 2. The summed E-state index contributed by atoms with van der Waals surface area (Å²) in [6, 6.07) is 9.66. The van der Waals surface area contributed by atoms with Crippen molar-refractivity contribution in [1.82, 2.24) is 4.98 Å². The molecule has 106 valence electrons. The standard InChI is InChI=1S/C16H15N3OS/c1-2-10-4-3-5-11(8-10)19-16(20)15-14(17)12-6-7-18-9-13(12)21-15/h3-9H,2,17H2,1H3,(H,19,20). The molecule has 0 unspecified atom stereocenters. The molecule has 0 aliphatic carbocycles. The number of hydrogen-bond donors (Lipinski definition) is 2. The van der Waals surface area contributed by atoms with Crippen LogP contribution in [0.15, 0.2) is 42.7 Å². The summed E-state index contributed by atoms with van der Waals surface area (Å²) in [5.74, 6) is -0.179. The molecule has 21 heavy (non-hydrogen) atoms. The van der Waals surface area contributed by atoms with E-state index in [1.54, 1.807) is 12.4 Å². The van der Waals surface area contributed by atoms with Crippen molar-refractivity contribution in [3.8, 4) is 0 Å². The summed E-state index contributed by atoms with van der Waals surface area (Å²) in [6.07, 6.45) is 4.34. The van der Waals surface area contributed by atoms with E-state index in [1.807, 2.05) is 30.3 Å². The molecule has 2 aromatic heterocycles. The number of fused-ring (bicyclic) bond motifs is 1. The van der Waals surface area contributed by atoms with Gasteiger partial charge < -0.3 is 11.1 Å². The maximum Gasteiger partial charge on any atom is 0.267 e. The van der Waals surface area contributed by atoms with Gasteiger partial charge in [0.1, 0.15) is 4.88 Å². The number of nitrogens with two attached hydrogens (primary N) is 1. The highest BCUT2D eigenvalue weighted by atomic mass is 32.1. The van der Waals surface area contributed by atoms with Gasteiger partial charge in [-0.2, -0.15) is 0 Å². The molecule has 5 heteroatoms. The van der Waals surface area contributed by atoms with Crippen LogP contribution in [0.2, 0.25) is 0 Å². The van der Waals surface area contributed by atoms with Crippen molar-refractivity contribution in [2.45, 2.75) is 13.3 Å². The molecule has 0 atom stereocenters. The number of aryl methyl sites for hydroxylation is 1. The van der Waals surface area contributed by atoms with Crippen LogP contribution in [0.4, 0.5) is 11.4 Å². The Labute approximate surface area is 126 Å². The largest absolute Gasteiger partial charge is 0.397 e. The lowest BCUT2D eigenvalue weighted by atomic mass is 10.1. The van der Waals surface area contributed by atoms with Crippen LogP contribution < -0.4 is 11.1 Å². The summed E-state index contributed by atoms with van der Waals surface area (Å²) in [5, 5.41) is 3.78. The number of benzene rings is 1. The molecule has 4 nitrogen and oxygen atoms in total. The SMILES string of the molecule is CCc1cccc(NC(=O)c2sc3cnccc3c2N)c1. The molecule has 2 heterocycles. The molecule has 1 amide bonds. The van der Waals surface area contributed by atoms with Gasteiger partial charge in [0.15, 0.2) is 0 Å². The first-order chi connectivity index (χ1) is 10.2. The van der Waals surface area contributed by atoms with E-state index in [0.29, 0.717) is 10.6 Å². The zero-order valence-electron chi connectivity index (χ0n) is 11.6. The van der Waals surface area contributed by atoms with Crippen LogP contribution in [-0.2, 0) is 6.42 Å². The number of hydrogen-bond acceptors (Lipinski definition) is 4. The van der Waals surface area contributed by atoms with Crippen molar-refractivity contribution in [3.63, 3.8) is 0 Å². The third kappa shape index (κ3) is 2.60. The van der Waals surface area contributed by atoms with Gasteiger partial charge in [0.05, 0.1) is 10.4 Å². The summed E-state index contributed by atoms with van der Waals surface area (Å²) < 4.78 is 0.919. The van der Waals surface area contributed by atoms with Crippen LogP contribution in [0.25, 0.3) is 10.1 Å². The number of carbonyl (C=O) groups excluding carboxylic acids is 1. The Morgan fingerprint density at radius 1 is 1.38 bits per heavy atom. The fraction of sp³-hybridized carbons (Fsp3) is 0.125. The first kappa shape index (κ1) is 13.6. The molecule has 0 saturated heterocycles. The van der Waals surface area contributed by atoms with Crippen molar-refractivity contribution in [3.05, 3.63) is 53.2 Å². The van der Waals surface area contributed by atoms with Gasteiger partial charge in [-0.25, -0.2) is 0 Å². The number of nitrogens with one attached hydrogen (secondary N) is 1. The number of rotatable bonds is 3. The van der Waals surface area contributed by atoms with Crippen LogP contribution in [0.5, 0.6) is 0 Å². The summed E-state index contributed by atoms with van der Waals surface area (Å²) in [5.41, 5.74) is 8.55. The van der Waals surface area contributed by atoms with E-state index in [9.17, 15) is 4.79 Å². The van der Waals surface area contributed by atoms with Gasteiger partial charge in [0, 0.05) is 23.5 Å². The Hall–Kier alpha value is -2.40. The van der Waals surface area contributed by atoms with Crippen molar-refractivity contribution in [2.75, 3.05) is 11.1 Å². The Morgan fingerprint density at radius 2 is 2.24 bits per heavy atom. The number of carbonyl (C=O) groups is 1. The van der Waals surface area contributed by atoms with Crippen LogP contribution in [0, 0.1) is 0 Å². The van der Waals surface area contributed by atoms with Gasteiger partial charge in [-0.15, -0.1) is 11.3 Å². The maximum absolute atomic E-state index is 12.4. The van der Waals surface area contributed by atoms with E-state index in [4.69, 9.17) is 5.73 Å². The highest BCUT2D eigenvalue weighted by molar-refractivity contribution is 7.21. The quantitative estimate of drug-likeness (QED) is 0.774. The summed E-state index contributed by atoms with van der Waals surface area (Å²) in [7, 11) is 0. The maximum atomic E-state index is 12.4. The molecule has 0 aliphatic rings. The normalized spacial score (nSPS) is 10.7. The molecule has 3 aromatic rings.